The van der Waals surface area contributed by atoms with E-state index in [2.05, 4.69) is 17.4 Å². The summed E-state index contributed by atoms with van der Waals surface area (Å²) in [7, 11) is 0. The van der Waals surface area contributed by atoms with E-state index in [4.69, 9.17) is 21.6 Å². The van der Waals surface area contributed by atoms with E-state index in [0.717, 1.165) is 18.4 Å². The number of nitrogens with zero attached hydrogens (tertiary/aromatic N) is 1. The van der Waals surface area contributed by atoms with Crippen LogP contribution >= 0.6 is 11.6 Å². The Hall–Kier alpha value is -2.51. The molecule has 2 rings (SSSR count). The summed E-state index contributed by atoms with van der Waals surface area (Å²) >= 11 is 6.01. The molecule has 0 aliphatic heterocycles. The van der Waals surface area contributed by atoms with E-state index >= 15 is 0 Å². The summed E-state index contributed by atoms with van der Waals surface area (Å²) in [6, 6.07) is 17.4. The third kappa shape index (κ3) is 5.94. The molecule has 4 nitrogen and oxygen atoms in total. The fraction of sp³-hybridized carbons (Fsp3) is 0.263. The predicted molar refractivity (Wildman–Crippen MR) is 93.8 cm³/mol. The lowest BCUT2D eigenvalue weighted by Gasteiger charge is -2.12. The Labute approximate surface area is 147 Å². The highest BCUT2D eigenvalue weighted by molar-refractivity contribution is 6.30. The molecule has 0 aliphatic carbocycles. The van der Waals surface area contributed by atoms with E-state index in [1.807, 2.05) is 24.3 Å². The molecule has 2 aromatic rings. The van der Waals surface area contributed by atoms with Gasteiger partial charge in [0, 0.05) is 17.1 Å². The Kier molecular flexibility index (Phi) is 7.13. The maximum absolute atomic E-state index is 11.4. The molecule has 0 saturated carbocycles. The SMILES string of the molecule is N#CCC(=O)NCc1cc(Cl)ccc1OCCCc1ccccc1. The van der Waals surface area contributed by atoms with Crippen LogP contribution in [0.15, 0.2) is 48.5 Å². The number of amides is 1. The van der Waals surface area contributed by atoms with E-state index in [0.29, 0.717) is 17.4 Å². The van der Waals surface area contributed by atoms with Crippen LogP contribution in [-0.4, -0.2) is 12.5 Å². The molecule has 2 aromatic carbocycles. The van der Waals surface area contributed by atoms with Crippen LogP contribution in [0.5, 0.6) is 5.75 Å². The van der Waals surface area contributed by atoms with Gasteiger partial charge in [-0.15, -0.1) is 0 Å². The Morgan fingerprint density at radius 1 is 1.21 bits per heavy atom. The summed E-state index contributed by atoms with van der Waals surface area (Å²) in [5.74, 6) is 0.386. The Balaban J connectivity index is 1.87. The van der Waals surface area contributed by atoms with Crippen molar-refractivity contribution in [2.24, 2.45) is 0 Å². The van der Waals surface area contributed by atoms with Crippen molar-refractivity contribution in [3.8, 4) is 11.8 Å². The molecule has 24 heavy (non-hydrogen) atoms. The van der Waals surface area contributed by atoms with Gasteiger partial charge < -0.3 is 10.1 Å². The topological polar surface area (TPSA) is 62.1 Å². The van der Waals surface area contributed by atoms with Crippen molar-refractivity contribution < 1.29 is 9.53 Å². The standard InChI is InChI=1S/C19H19ClN2O2/c20-17-8-9-18(16(13-17)14-22-19(23)10-11-21)24-12-4-7-15-5-2-1-3-6-15/h1-3,5-6,8-9,13H,4,7,10,12,14H2,(H,22,23). The largest absolute Gasteiger partial charge is 0.493 e. The molecule has 0 atom stereocenters. The van der Waals surface area contributed by atoms with Crippen LogP contribution in [0, 0.1) is 11.3 Å². The molecule has 0 aromatic heterocycles. The van der Waals surface area contributed by atoms with E-state index in [9.17, 15) is 4.79 Å². The number of halogens is 1. The van der Waals surface area contributed by atoms with Crippen molar-refractivity contribution in [2.45, 2.75) is 25.8 Å². The number of nitriles is 1. The van der Waals surface area contributed by atoms with Gasteiger partial charge in [-0.1, -0.05) is 41.9 Å². The summed E-state index contributed by atoms with van der Waals surface area (Å²) in [6.45, 7) is 0.866. The van der Waals surface area contributed by atoms with E-state index in [1.54, 1.807) is 18.2 Å². The second kappa shape index (κ2) is 9.59. The molecule has 5 heteroatoms. The van der Waals surface area contributed by atoms with Gasteiger partial charge in [-0.3, -0.25) is 4.79 Å². The molecule has 0 heterocycles. The molecular weight excluding hydrogens is 324 g/mol. The zero-order chi connectivity index (χ0) is 17.2. The first-order chi connectivity index (χ1) is 11.7. The average Bonchev–Trinajstić information content (AvgIpc) is 2.59. The average molecular weight is 343 g/mol. The summed E-state index contributed by atoms with van der Waals surface area (Å²) in [6.07, 6.45) is 1.68. The molecule has 0 spiro atoms. The minimum atomic E-state index is -0.312. The third-order valence-corrected chi connectivity index (χ3v) is 3.68. The summed E-state index contributed by atoms with van der Waals surface area (Å²) in [5.41, 5.74) is 2.08. The monoisotopic (exact) mass is 342 g/mol. The Morgan fingerprint density at radius 3 is 2.75 bits per heavy atom. The van der Waals surface area contributed by atoms with Gasteiger partial charge in [0.05, 0.1) is 12.7 Å². The van der Waals surface area contributed by atoms with Crippen molar-refractivity contribution >= 4 is 17.5 Å². The Morgan fingerprint density at radius 2 is 2.00 bits per heavy atom. The molecule has 1 amide bonds. The molecule has 0 bridgehead atoms. The third-order valence-electron chi connectivity index (χ3n) is 3.45. The number of carbonyl (C=O) groups is 1. The van der Waals surface area contributed by atoms with Crippen molar-refractivity contribution in [1.82, 2.24) is 5.32 Å². The molecule has 0 fully saturated rings. The van der Waals surface area contributed by atoms with Crippen LogP contribution in [0.25, 0.3) is 0 Å². The van der Waals surface area contributed by atoms with Crippen LogP contribution in [0.1, 0.15) is 24.0 Å². The number of hydrogen-bond acceptors (Lipinski definition) is 3. The van der Waals surface area contributed by atoms with Gasteiger partial charge in [0.1, 0.15) is 12.2 Å². The first-order valence-corrected chi connectivity index (χ1v) is 8.15. The molecular formula is C19H19ClN2O2. The van der Waals surface area contributed by atoms with Gasteiger partial charge in [-0.2, -0.15) is 5.26 Å². The van der Waals surface area contributed by atoms with Gasteiger partial charge in [-0.25, -0.2) is 0 Å². The van der Waals surface area contributed by atoms with Crippen LogP contribution in [0.2, 0.25) is 5.02 Å². The van der Waals surface area contributed by atoms with Crippen molar-refractivity contribution in [3.63, 3.8) is 0 Å². The van der Waals surface area contributed by atoms with Crippen LogP contribution in [0.3, 0.4) is 0 Å². The molecule has 0 unspecified atom stereocenters. The molecule has 1 N–H and O–H groups in total. The summed E-state index contributed by atoms with van der Waals surface area (Å²) in [4.78, 5) is 11.4. The number of rotatable bonds is 8. The smallest absolute Gasteiger partial charge is 0.234 e. The fourth-order valence-electron chi connectivity index (χ4n) is 2.26. The van der Waals surface area contributed by atoms with Gasteiger partial charge in [-0.05, 0) is 36.6 Å². The molecule has 124 valence electrons. The van der Waals surface area contributed by atoms with E-state index in [1.165, 1.54) is 5.56 Å². The van der Waals surface area contributed by atoms with Crippen molar-refractivity contribution in [1.29, 1.82) is 5.26 Å². The lowest BCUT2D eigenvalue weighted by Crippen LogP contribution is -2.22. The maximum atomic E-state index is 11.4. The number of nitrogens with one attached hydrogen (secondary N) is 1. The van der Waals surface area contributed by atoms with Gasteiger partial charge in [0.25, 0.3) is 0 Å². The highest BCUT2D eigenvalue weighted by Crippen LogP contribution is 2.23. The van der Waals surface area contributed by atoms with Crippen molar-refractivity contribution in [2.75, 3.05) is 6.61 Å². The minimum Gasteiger partial charge on any atom is -0.493 e. The number of aryl methyl sites for hydroxylation is 1. The molecule has 0 aliphatic rings. The fourth-order valence-corrected chi connectivity index (χ4v) is 2.45. The van der Waals surface area contributed by atoms with E-state index in [-0.39, 0.29) is 18.9 Å². The normalized spacial score (nSPS) is 10.0. The minimum absolute atomic E-state index is 0.159. The number of benzene rings is 2. The first kappa shape index (κ1) is 17.8. The number of carbonyl (C=O) groups excluding carboxylic acids is 1. The lowest BCUT2D eigenvalue weighted by molar-refractivity contribution is -0.120. The second-order valence-corrected chi connectivity index (χ2v) is 5.74. The van der Waals surface area contributed by atoms with Crippen LogP contribution in [-0.2, 0) is 17.8 Å². The summed E-state index contributed by atoms with van der Waals surface area (Å²) < 4.78 is 5.83. The first-order valence-electron chi connectivity index (χ1n) is 7.78. The maximum Gasteiger partial charge on any atom is 0.234 e. The Bertz CT molecular complexity index is 711. The number of ether oxygens (including phenoxy) is 1. The zero-order valence-corrected chi connectivity index (χ0v) is 14.1. The van der Waals surface area contributed by atoms with E-state index < -0.39 is 0 Å². The zero-order valence-electron chi connectivity index (χ0n) is 13.3. The predicted octanol–water partition coefficient (Wildman–Crippen LogP) is 3.88. The highest BCUT2D eigenvalue weighted by Gasteiger charge is 2.07. The lowest BCUT2D eigenvalue weighted by atomic mass is 10.1. The quantitative estimate of drug-likeness (QED) is 0.740. The van der Waals surface area contributed by atoms with Gasteiger partial charge in [0.2, 0.25) is 5.91 Å². The van der Waals surface area contributed by atoms with Gasteiger partial charge in [0.15, 0.2) is 0 Å². The highest BCUT2D eigenvalue weighted by atomic mass is 35.5. The van der Waals surface area contributed by atoms with Crippen LogP contribution in [0.4, 0.5) is 0 Å². The molecule has 0 radical (unpaired) electrons. The summed E-state index contributed by atoms with van der Waals surface area (Å²) in [5, 5.41) is 11.8. The second-order valence-electron chi connectivity index (χ2n) is 5.30. The molecule has 0 saturated heterocycles. The van der Waals surface area contributed by atoms with Crippen molar-refractivity contribution in [3.05, 3.63) is 64.7 Å². The number of hydrogen-bond donors (Lipinski definition) is 1. The van der Waals surface area contributed by atoms with Gasteiger partial charge >= 0.3 is 0 Å². The van der Waals surface area contributed by atoms with Crippen LogP contribution < -0.4 is 10.1 Å².